The van der Waals surface area contributed by atoms with Crippen LogP contribution in [0.2, 0.25) is 0 Å². The van der Waals surface area contributed by atoms with Crippen molar-refractivity contribution in [1.29, 1.82) is 5.26 Å². The van der Waals surface area contributed by atoms with Crippen molar-refractivity contribution in [3.63, 3.8) is 0 Å². The van der Waals surface area contributed by atoms with Gasteiger partial charge in [0.25, 0.3) is 0 Å². The van der Waals surface area contributed by atoms with Gasteiger partial charge in [-0.05, 0) is 60.7 Å². The average Bonchev–Trinajstić information content (AvgIpc) is 2.32. The first-order valence-electron chi connectivity index (χ1n) is 5.70. The Morgan fingerprint density at radius 2 is 1.59 bits per heavy atom. The van der Waals surface area contributed by atoms with Crippen LogP contribution in [0.15, 0.2) is 36.4 Å². The molecule has 0 amide bonds. The van der Waals surface area contributed by atoms with E-state index in [1.54, 1.807) is 0 Å². The van der Waals surface area contributed by atoms with Crippen LogP contribution in [0.25, 0.3) is 11.1 Å². The second kappa shape index (κ2) is 4.43. The molecule has 0 spiro atoms. The van der Waals surface area contributed by atoms with Crippen LogP contribution in [-0.2, 0) is 0 Å². The number of nitrogens with zero attached hydrogens (tertiary/aromatic N) is 1. The average molecular weight is 221 g/mol. The van der Waals surface area contributed by atoms with Crippen molar-refractivity contribution in [2.45, 2.75) is 20.8 Å². The standard InChI is InChI=1S/C16H15N/c1-11-4-6-15(9-12(11)2)16-7-5-14(10-17)8-13(16)3/h4-9H,1-3H3. The molecule has 1 heteroatoms. The largest absolute Gasteiger partial charge is 0.192 e. The second-order valence-electron chi connectivity index (χ2n) is 4.44. The zero-order valence-corrected chi connectivity index (χ0v) is 10.4. The molecule has 84 valence electrons. The molecule has 0 atom stereocenters. The molecule has 2 rings (SSSR count). The summed E-state index contributed by atoms with van der Waals surface area (Å²) in [6, 6.07) is 14.5. The fourth-order valence-electron chi connectivity index (χ4n) is 1.97. The van der Waals surface area contributed by atoms with Gasteiger partial charge in [0.15, 0.2) is 0 Å². The summed E-state index contributed by atoms with van der Waals surface area (Å²) in [6.45, 7) is 6.29. The molecule has 0 fully saturated rings. The van der Waals surface area contributed by atoms with Crippen molar-refractivity contribution in [2.75, 3.05) is 0 Å². The van der Waals surface area contributed by atoms with Crippen molar-refractivity contribution in [3.05, 3.63) is 58.7 Å². The Hall–Kier alpha value is -2.07. The van der Waals surface area contributed by atoms with Crippen LogP contribution in [0.5, 0.6) is 0 Å². The van der Waals surface area contributed by atoms with Gasteiger partial charge < -0.3 is 0 Å². The molecule has 0 saturated heterocycles. The number of benzene rings is 2. The van der Waals surface area contributed by atoms with Crippen LogP contribution < -0.4 is 0 Å². The van der Waals surface area contributed by atoms with Crippen molar-refractivity contribution < 1.29 is 0 Å². The normalized spacial score (nSPS) is 10.0. The van der Waals surface area contributed by atoms with E-state index in [9.17, 15) is 0 Å². The Kier molecular flexibility index (Phi) is 2.97. The van der Waals surface area contributed by atoms with Gasteiger partial charge in [-0.1, -0.05) is 24.3 Å². The first-order valence-corrected chi connectivity index (χ1v) is 5.70. The maximum absolute atomic E-state index is 8.85. The highest BCUT2D eigenvalue weighted by molar-refractivity contribution is 5.69. The van der Waals surface area contributed by atoms with E-state index in [1.807, 2.05) is 25.1 Å². The van der Waals surface area contributed by atoms with E-state index in [0.29, 0.717) is 0 Å². The summed E-state index contributed by atoms with van der Waals surface area (Å²) in [5.41, 5.74) is 6.89. The molecule has 2 aromatic rings. The lowest BCUT2D eigenvalue weighted by Crippen LogP contribution is -1.87. The molecular weight excluding hydrogens is 206 g/mol. The summed E-state index contributed by atoms with van der Waals surface area (Å²) in [5, 5.41) is 8.85. The number of rotatable bonds is 1. The van der Waals surface area contributed by atoms with Gasteiger partial charge in [-0.15, -0.1) is 0 Å². The topological polar surface area (TPSA) is 23.8 Å². The fraction of sp³-hybridized carbons (Fsp3) is 0.188. The van der Waals surface area contributed by atoms with E-state index in [2.05, 4.69) is 38.1 Å². The minimum absolute atomic E-state index is 0.718. The lowest BCUT2D eigenvalue weighted by atomic mass is 9.96. The summed E-state index contributed by atoms with van der Waals surface area (Å²) in [4.78, 5) is 0. The second-order valence-corrected chi connectivity index (χ2v) is 4.44. The molecule has 0 aromatic heterocycles. The lowest BCUT2D eigenvalue weighted by molar-refractivity contribution is 1.33. The maximum atomic E-state index is 8.85. The Labute approximate surface area is 102 Å². The van der Waals surface area contributed by atoms with Crippen LogP contribution in [0, 0.1) is 32.1 Å². The van der Waals surface area contributed by atoms with Crippen molar-refractivity contribution in [2.24, 2.45) is 0 Å². The quantitative estimate of drug-likeness (QED) is 0.709. The van der Waals surface area contributed by atoms with E-state index in [0.717, 1.165) is 11.1 Å². The monoisotopic (exact) mass is 221 g/mol. The van der Waals surface area contributed by atoms with Gasteiger partial charge in [-0.3, -0.25) is 0 Å². The highest BCUT2D eigenvalue weighted by atomic mass is 14.2. The molecule has 1 nitrogen and oxygen atoms in total. The molecule has 0 aliphatic carbocycles. The summed E-state index contributed by atoms with van der Waals surface area (Å²) in [7, 11) is 0. The third-order valence-electron chi connectivity index (χ3n) is 3.17. The van der Waals surface area contributed by atoms with E-state index in [4.69, 9.17) is 5.26 Å². The van der Waals surface area contributed by atoms with Crippen LogP contribution in [0.1, 0.15) is 22.3 Å². The molecule has 0 bridgehead atoms. The first-order chi connectivity index (χ1) is 8.11. The Bertz CT molecular complexity index is 603. The lowest BCUT2D eigenvalue weighted by Gasteiger charge is -2.08. The molecule has 2 aromatic carbocycles. The Morgan fingerprint density at radius 3 is 2.18 bits per heavy atom. The third kappa shape index (κ3) is 2.21. The molecule has 0 aliphatic rings. The van der Waals surface area contributed by atoms with Crippen molar-refractivity contribution >= 4 is 0 Å². The number of aryl methyl sites for hydroxylation is 3. The number of hydrogen-bond acceptors (Lipinski definition) is 1. The van der Waals surface area contributed by atoms with Gasteiger partial charge in [0.2, 0.25) is 0 Å². The molecular formula is C16H15N. The predicted octanol–water partition coefficient (Wildman–Crippen LogP) is 4.15. The minimum atomic E-state index is 0.718. The summed E-state index contributed by atoms with van der Waals surface area (Å²) >= 11 is 0. The fourth-order valence-corrected chi connectivity index (χ4v) is 1.97. The minimum Gasteiger partial charge on any atom is -0.192 e. The van der Waals surface area contributed by atoms with Gasteiger partial charge in [0.05, 0.1) is 11.6 Å². The predicted molar refractivity (Wildman–Crippen MR) is 70.8 cm³/mol. The molecule has 0 N–H and O–H groups in total. The van der Waals surface area contributed by atoms with Crippen LogP contribution in [-0.4, -0.2) is 0 Å². The molecule has 0 heterocycles. The van der Waals surface area contributed by atoms with E-state index >= 15 is 0 Å². The maximum Gasteiger partial charge on any atom is 0.0991 e. The van der Waals surface area contributed by atoms with Gasteiger partial charge in [-0.25, -0.2) is 0 Å². The zero-order chi connectivity index (χ0) is 12.4. The van der Waals surface area contributed by atoms with Gasteiger partial charge in [0.1, 0.15) is 0 Å². The molecule has 0 radical (unpaired) electrons. The Morgan fingerprint density at radius 1 is 0.824 bits per heavy atom. The summed E-state index contributed by atoms with van der Waals surface area (Å²) in [6.07, 6.45) is 0. The summed E-state index contributed by atoms with van der Waals surface area (Å²) in [5.74, 6) is 0. The van der Waals surface area contributed by atoms with Crippen LogP contribution in [0.4, 0.5) is 0 Å². The summed E-state index contributed by atoms with van der Waals surface area (Å²) < 4.78 is 0. The number of nitriles is 1. The zero-order valence-electron chi connectivity index (χ0n) is 10.4. The molecule has 0 saturated carbocycles. The van der Waals surface area contributed by atoms with Gasteiger partial charge >= 0.3 is 0 Å². The molecule has 0 aliphatic heterocycles. The molecule has 0 unspecified atom stereocenters. The third-order valence-corrected chi connectivity index (χ3v) is 3.17. The van der Waals surface area contributed by atoms with E-state index in [1.165, 1.54) is 22.3 Å². The number of hydrogen-bond donors (Lipinski definition) is 0. The highest BCUT2D eigenvalue weighted by Crippen LogP contribution is 2.26. The van der Waals surface area contributed by atoms with Gasteiger partial charge in [0, 0.05) is 0 Å². The van der Waals surface area contributed by atoms with Crippen molar-refractivity contribution in [1.82, 2.24) is 0 Å². The molecule has 17 heavy (non-hydrogen) atoms. The van der Waals surface area contributed by atoms with Crippen molar-refractivity contribution in [3.8, 4) is 17.2 Å². The van der Waals surface area contributed by atoms with Crippen LogP contribution >= 0.6 is 0 Å². The van der Waals surface area contributed by atoms with E-state index in [-0.39, 0.29) is 0 Å². The Balaban J connectivity index is 2.54. The SMILES string of the molecule is Cc1ccc(-c2ccc(C#N)cc2C)cc1C. The first kappa shape index (κ1) is 11.4. The van der Waals surface area contributed by atoms with Crippen LogP contribution in [0.3, 0.4) is 0 Å². The smallest absolute Gasteiger partial charge is 0.0991 e. The van der Waals surface area contributed by atoms with Gasteiger partial charge in [-0.2, -0.15) is 5.26 Å². The highest BCUT2D eigenvalue weighted by Gasteiger charge is 2.04. The van der Waals surface area contributed by atoms with E-state index < -0.39 is 0 Å².